The quantitative estimate of drug-likeness (QED) is 0.510. The van der Waals surface area contributed by atoms with E-state index in [-0.39, 0.29) is 0 Å². The van der Waals surface area contributed by atoms with Crippen LogP contribution in [-0.4, -0.2) is 0 Å². The van der Waals surface area contributed by atoms with Crippen LogP contribution in [0.15, 0.2) is 24.3 Å². The van der Waals surface area contributed by atoms with E-state index in [0.717, 1.165) is 5.92 Å². The van der Waals surface area contributed by atoms with Crippen molar-refractivity contribution in [2.24, 2.45) is 17.8 Å². The van der Waals surface area contributed by atoms with E-state index in [0.29, 0.717) is 11.8 Å². The van der Waals surface area contributed by atoms with Crippen molar-refractivity contribution < 1.29 is 0 Å². The van der Waals surface area contributed by atoms with Crippen LogP contribution in [0.2, 0.25) is 0 Å². The molecule has 0 saturated carbocycles. The van der Waals surface area contributed by atoms with Crippen molar-refractivity contribution in [3.8, 4) is 0 Å². The SMILES string of the molecule is CC.CC(C)C.CC(C)C=CC=CC(C)C. The Morgan fingerprint density at radius 1 is 0.562 bits per heavy atom. The lowest BCUT2D eigenvalue weighted by Gasteiger charge is -1.91. The number of hydrogen-bond acceptors (Lipinski definition) is 0. The summed E-state index contributed by atoms with van der Waals surface area (Å²) in [6, 6.07) is 0. The first kappa shape index (κ1) is 20.8. The monoisotopic (exact) mass is 226 g/mol. The molecule has 0 atom stereocenters. The topological polar surface area (TPSA) is 0 Å². The molecule has 0 rings (SSSR count). The van der Waals surface area contributed by atoms with Crippen LogP contribution in [0.1, 0.15) is 62.3 Å². The summed E-state index contributed by atoms with van der Waals surface area (Å²) in [5.41, 5.74) is 0. The normalized spacial score (nSPS) is 10.8. The molecule has 0 aliphatic rings. The van der Waals surface area contributed by atoms with E-state index in [4.69, 9.17) is 0 Å². The Morgan fingerprint density at radius 2 is 0.750 bits per heavy atom. The molecule has 0 aliphatic carbocycles. The van der Waals surface area contributed by atoms with Gasteiger partial charge in [-0.25, -0.2) is 0 Å². The molecule has 0 heteroatoms. The first-order valence-electron chi connectivity index (χ1n) is 6.71. The molecular weight excluding hydrogens is 192 g/mol. The largest absolute Gasteiger partial charge is 0.0820 e. The van der Waals surface area contributed by atoms with Crippen LogP contribution in [0.4, 0.5) is 0 Å². The van der Waals surface area contributed by atoms with E-state index in [2.05, 4.69) is 72.8 Å². The van der Waals surface area contributed by atoms with Gasteiger partial charge in [0, 0.05) is 0 Å². The average molecular weight is 226 g/mol. The number of rotatable bonds is 3. The van der Waals surface area contributed by atoms with Gasteiger partial charge in [-0.15, -0.1) is 0 Å². The van der Waals surface area contributed by atoms with Gasteiger partial charge in [0.1, 0.15) is 0 Å². The van der Waals surface area contributed by atoms with Gasteiger partial charge in [0.25, 0.3) is 0 Å². The first-order valence-corrected chi connectivity index (χ1v) is 6.71. The Kier molecular flexibility index (Phi) is 22.0. The molecule has 0 heterocycles. The third-order valence-corrected chi connectivity index (χ3v) is 1.10. The standard InChI is InChI=1S/C10H18.C4H10.C2H6/c1-9(2)7-5-6-8-10(3)4;1-4(2)3;1-2/h5-10H,1-4H3;4H,1-3H3;1-2H3. The molecule has 0 aliphatic heterocycles. The molecule has 0 amide bonds. The van der Waals surface area contributed by atoms with Gasteiger partial charge in [-0.3, -0.25) is 0 Å². The maximum atomic E-state index is 2.19. The average Bonchev–Trinajstić information content (AvgIpc) is 2.14. The highest BCUT2D eigenvalue weighted by Crippen LogP contribution is 1.96. The molecule has 98 valence electrons. The Bertz CT molecular complexity index is 129. The molecule has 0 aromatic carbocycles. The molecule has 0 bridgehead atoms. The van der Waals surface area contributed by atoms with E-state index in [1.165, 1.54) is 0 Å². The fourth-order valence-corrected chi connectivity index (χ4v) is 0.573. The molecule has 0 nitrogen and oxygen atoms in total. The van der Waals surface area contributed by atoms with Crippen molar-refractivity contribution >= 4 is 0 Å². The van der Waals surface area contributed by atoms with E-state index in [1.807, 2.05) is 13.8 Å². The maximum Gasteiger partial charge on any atom is -0.0287 e. The van der Waals surface area contributed by atoms with Crippen LogP contribution in [0, 0.1) is 17.8 Å². The summed E-state index contributed by atoms with van der Waals surface area (Å²) in [5.74, 6) is 2.16. The smallest absolute Gasteiger partial charge is 0.0287 e. The third-order valence-electron chi connectivity index (χ3n) is 1.10. The van der Waals surface area contributed by atoms with Crippen LogP contribution in [-0.2, 0) is 0 Å². The lowest BCUT2D eigenvalue weighted by atomic mass is 10.2. The summed E-state index contributed by atoms with van der Waals surface area (Å²) in [5, 5.41) is 0. The summed E-state index contributed by atoms with van der Waals surface area (Å²) < 4.78 is 0. The molecule has 0 spiro atoms. The van der Waals surface area contributed by atoms with E-state index in [9.17, 15) is 0 Å². The van der Waals surface area contributed by atoms with Gasteiger partial charge >= 0.3 is 0 Å². The minimum Gasteiger partial charge on any atom is -0.0820 e. The van der Waals surface area contributed by atoms with Gasteiger partial charge in [-0.05, 0) is 17.8 Å². The van der Waals surface area contributed by atoms with E-state index < -0.39 is 0 Å². The molecule has 0 aromatic heterocycles. The molecule has 0 N–H and O–H groups in total. The van der Waals surface area contributed by atoms with Crippen molar-refractivity contribution in [1.29, 1.82) is 0 Å². The van der Waals surface area contributed by atoms with Gasteiger partial charge < -0.3 is 0 Å². The molecule has 16 heavy (non-hydrogen) atoms. The lowest BCUT2D eigenvalue weighted by Crippen LogP contribution is -1.77. The molecule has 0 fully saturated rings. The summed E-state index contributed by atoms with van der Waals surface area (Å²) in [4.78, 5) is 0. The predicted octanol–water partition coefficient (Wildman–Crippen LogP) is 6.10. The molecule has 0 aromatic rings. The third kappa shape index (κ3) is 50.0. The zero-order chi connectivity index (χ0) is 13.6. The molecule has 0 radical (unpaired) electrons. The number of hydrogen-bond donors (Lipinski definition) is 0. The lowest BCUT2D eigenvalue weighted by molar-refractivity contribution is 0.737. The second kappa shape index (κ2) is 16.9. The first-order chi connectivity index (χ1) is 7.36. The van der Waals surface area contributed by atoms with Crippen LogP contribution >= 0.6 is 0 Å². The van der Waals surface area contributed by atoms with Gasteiger partial charge in [0.05, 0.1) is 0 Å². The van der Waals surface area contributed by atoms with Crippen LogP contribution in [0.25, 0.3) is 0 Å². The fraction of sp³-hybridized carbons (Fsp3) is 0.750. The summed E-state index contributed by atoms with van der Waals surface area (Å²) in [6.07, 6.45) is 8.62. The zero-order valence-corrected chi connectivity index (χ0v) is 13.0. The van der Waals surface area contributed by atoms with Crippen LogP contribution in [0.3, 0.4) is 0 Å². The van der Waals surface area contributed by atoms with Crippen molar-refractivity contribution in [2.75, 3.05) is 0 Å². The maximum absolute atomic E-state index is 2.19. The Labute approximate surface area is 105 Å². The highest BCUT2D eigenvalue weighted by atomic mass is 13.9. The molecule has 0 unspecified atom stereocenters. The van der Waals surface area contributed by atoms with E-state index >= 15 is 0 Å². The van der Waals surface area contributed by atoms with Crippen molar-refractivity contribution in [2.45, 2.75) is 62.3 Å². The van der Waals surface area contributed by atoms with Gasteiger partial charge in [0.15, 0.2) is 0 Å². The van der Waals surface area contributed by atoms with Gasteiger partial charge in [-0.2, -0.15) is 0 Å². The summed E-state index contributed by atoms with van der Waals surface area (Å²) >= 11 is 0. The minimum atomic E-state index is 0.664. The zero-order valence-electron chi connectivity index (χ0n) is 13.0. The fourth-order valence-electron chi connectivity index (χ4n) is 0.573. The molecular formula is C16H34. The Hall–Kier alpha value is -0.520. The van der Waals surface area contributed by atoms with Crippen LogP contribution < -0.4 is 0 Å². The van der Waals surface area contributed by atoms with Crippen molar-refractivity contribution in [3.05, 3.63) is 24.3 Å². The second-order valence-electron chi connectivity index (χ2n) is 4.99. The Balaban J connectivity index is -0.000000237. The van der Waals surface area contributed by atoms with Crippen molar-refractivity contribution in [3.63, 3.8) is 0 Å². The highest BCUT2D eigenvalue weighted by molar-refractivity contribution is 5.04. The summed E-state index contributed by atoms with van der Waals surface area (Å²) in [6.45, 7) is 19.2. The molecule has 0 saturated heterocycles. The summed E-state index contributed by atoms with van der Waals surface area (Å²) in [7, 11) is 0. The highest BCUT2D eigenvalue weighted by Gasteiger charge is 1.81. The number of allylic oxidation sites excluding steroid dienone is 4. The second-order valence-corrected chi connectivity index (χ2v) is 4.99. The van der Waals surface area contributed by atoms with E-state index in [1.54, 1.807) is 0 Å². The minimum absolute atomic E-state index is 0.664. The van der Waals surface area contributed by atoms with Crippen molar-refractivity contribution in [1.82, 2.24) is 0 Å². The predicted molar refractivity (Wildman–Crippen MR) is 79.8 cm³/mol. The van der Waals surface area contributed by atoms with Crippen LogP contribution in [0.5, 0.6) is 0 Å². The Morgan fingerprint density at radius 3 is 0.875 bits per heavy atom. The van der Waals surface area contributed by atoms with Gasteiger partial charge in [-0.1, -0.05) is 86.6 Å². The van der Waals surface area contributed by atoms with Gasteiger partial charge in [0.2, 0.25) is 0 Å².